The van der Waals surface area contributed by atoms with Gasteiger partial charge in [0, 0.05) is 0 Å². The van der Waals surface area contributed by atoms with E-state index in [0.29, 0.717) is 0 Å². The van der Waals surface area contributed by atoms with E-state index < -0.39 is 37.4 Å². The van der Waals surface area contributed by atoms with Crippen LogP contribution in [0.1, 0.15) is 13.3 Å². The van der Waals surface area contributed by atoms with Gasteiger partial charge in [-0.1, -0.05) is 0 Å². The summed E-state index contributed by atoms with van der Waals surface area (Å²) in [5, 5.41) is 17.4. The van der Waals surface area contributed by atoms with Crippen LogP contribution in [-0.2, 0) is 9.53 Å². The maximum atomic E-state index is 11.6. The Kier molecular flexibility index (Phi) is 4.34. The van der Waals surface area contributed by atoms with Gasteiger partial charge in [-0.05, 0) is 6.92 Å². The van der Waals surface area contributed by atoms with Gasteiger partial charge in [0.15, 0.2) is 5.60 Å². The fourth-order valence-corrected chi connectivity index (χ4v) is 0.521. The molecule has 14 heavy (non-hydrogen) atoms. The molecule has 0 fully saturated rings. The van der Waals surface area contributed by atoms with Crippen LogP contribution in [0.4, 0.5) is 13.2 Å². The van der Waals surface area contributed by atoms with E-state index in [1.165, 1.54) is 0 Å². The van der Waals surface area contributed by atoms with E-state index in [0.717, 1.165) is 6.92 Å². The summed E-state index contributed by atoms with van der Waals surface area (Å²) in [4.78, 5) is 10.3. The van der Waals surface area contributed by atoms with Crippen LogP contribution in [0.25, 0.3) is 0 Å². The van der Waals surface area contributed by atoms with E-state index >= 15 is 0 Å². The highest BCUT2D eigenvalue weighted by molar-refractivity contribution is 5.76. The third-order valence-electron chi connectivity index (χ3n) is 1.37. The SMILES string of the molecule is CC(O)(COCCC(F)(F)F)C(=O)O. The minimum atomic E-state index is -4.34. The Balaban J connectivity index is 3.70. The average Bonchev–Trinajstić information content (AvgIpc) is 1.96. The fraction of sp³-hybridized carbons (Fsp3) is 0.857. The number of alkyl halides is 3. The zero-order valence-corrected chi connectivity index (χ0v) is 7.47. The van der Waals surface area contributed by atoms with E-state index in [1.807, 2.05) is 0 Å². The third kappa shape index (κ3) is 5.76. The maximum Gasteiger partial charge on any atom is 0.391 e. The maximum absolute atomic E-state index is 11.6. The van der Waals surface area contributed by atoms with Gasteiger partial charge in [0.1, 0.15) is 0 Å². The Labute approximate surface area is 78.3 Å². The number of carbonyl (C=O) groups is 1. The van der Waals surface area contributed by atoms with E-state index in [4.69, 9.17) is 10.2 Å². The van der Waals surface area contributed by atoms with Crippen molar-refractivity contribution in [1.29, 1.82) is 0 Å². The van der Waals surface area contributed by atoms with Crippen LogP contribution in [0, 0.1) is 0 Å². The van der Waals surface area contributed by atoms with Gasteiger partial charge in [-0.3, -0.25) is 0 Å². The predicted molar refractivity (Wildman–Crippen MR) is 39.8 cm³/mol. The molecule has 1 unspecified atom stereocenters. The molecule has 0 rings (SSSR count). The predicted octanol–water partition coefficient (Wildman–Crippen LogP) is 0.791. The summed E-state index contributed by atoms with van der Waals surface area (Å²) in [6.07, 6.45) is -5.50. The van der Waals surface area contributed by atoms with Crippen LogP contribution < -0.4 is 0 Å². The third-order valence-corrected chi connectivity index (χ3v) is 1.37. The monoisotopic (exact) mass is 216 g/mol. The second-order valence-corrected chi connectivity index (χ2v) is 3.00. The van der Waals surface area contributed by atoms with Crippen LogP contribution in [0.3, 0.4) is 0 Å². The number of rotatable bonds is 5. The zero-order valence-electron chi connectivity index (χ0n) is 7.47. The van der Waals surface area contributed by atoms with Gasteiger partial charge in [-0.2, -0.15) is 13.2 Å². The van der Waals surface area contributed by atoms with Gasteiger partial charge in [0.2, 0.25) is 0 Å². The molecule has 0 aliphatic rings. The second kappa shape index (κ2) is 4.61. The molecule has 0 aromatic rings. The van der Waals surface area contributed by atoms with Crippen molar-refractivity contribution < 1.29 is 32.9 Å². The summed E-state index contributed by atoms with van der Waals surface area (Å²) in [5.74, 6) is -1.54. The van der Waals surface area contributed by atoms with Gasteiger partial charge in [-0.15, -0.1) is 0 Å². The topological polar surface area (TPSA) is 66.8 Å². The van der Waals surface area contributed by atoms with Crippen LogP contribution >= 0.6 is 0 Å². The Morgan fingerprint density at radius 3 is 2.29 bits per heavy atom. The van der Waals surface area contributed by atoms with Crippen molar-refractivity contribution in [3.8, 4) is 0 Å². The number of aliphatic carboxylic acids is 1. The Morgan fingerprint density at radius 2 is 1.93 bits per heavy atom. The van der Waals surface area contributed by atoms with E-state index in [-0.39, 0.29) is 0 Å². The first-order valence-corrected chi connectivity index (χ1v) is 3.75. The molecular weight excluding hydrogens is 205 g/mol. The van der Waals surface area contributed by atoms with Gasteiger partial charge < -0.3 is 14.9 Å². The minimum Gasteiger partial charge on any atom is -0.479 e. The largest absolute Gasteiger partial charge is 0.479 e. The van der Waals surface area contributed by atoms with Crippen molar-refractivity contribution in [2.24, 2.45) is 0 Å². The van der Waals surface area contributed by atoms with E-state index in [1.54, 1.807) is 0 Å². The summed E-state index contributed by atoms with van der Waals surface area (Å²) in [5.41, 5.74) is -2.15. The molecule has 0 amide bonds. The van der Waals surface area contributed by atoms with Crippen molar-refractivity contribution >= 4 is 5.97 Å². The molecule has 0 aliphatic heterocycles. The Hall–Kier alpha value is -0.820. The Bertz CT molecular complexity index is 200. The fourth-order valence-electron chi connectivity index (χ4n) is 0.521. The number of halogens is 3. The van der Waals surface area contributed by atoms with Gasteiger partial charge in [-0.25, -0.2) is 4.79 Å². The average molecular weight is 216 g/mol. The van der Waals surface area contributed by atoms with E-state index in [2.05, 4.69) is 4.74 Å². The van der Waals surface area contributed by atoms with Crippen LogP contribution in [-0.4, -0.2) is 41.2 Å². The van der Waals surface area contributed by atoms with Crippen molar-refractivity contribution in [2.45, 2.75) is 25.1 Å². The first-order chi connectivity index (χ1) is 6.15. The summed E-state index contributed by atoms with van der Waals surface area (Å²) < 4.78 is 39.1. The first kappa shape index (κ1) is 13.2. The molecule has 0 aromatic carbocycles. The standard InChI is InChI=1S/C7H11F3O4/c1-6(13,5(11)12)4-14-3-2-7(8,9)10/h13H,2-4H2,1H3,(H,11,12). The first-order valence-electron chi connectivity index (χ1n) is 3.75. The molecule has 0 saturated heterocycles. The zero-order chi connectivity index (χ0) is 11.4. The quantitative estimate of drug-likeness (QED) is 0.667. The van der Waals surface area contributed by atoms with Gasteiger partial charge in [0.25, 0.3) is 0 Å². The summed E-state index contributed by atoms with van der Waals surface area (Å²) in [6, 6.07) is 0. The molecule has 0 spiro atoms. The lowest BCUT2D eigenvalue weighted by atomic mass is 10.1. The van der Waals surface area contributed by atoms with Crippen LogP contribution in [0.2, 0.25) is 0 Å². The number of aliphatic hydroxyl groups is 1. The molecule has 0 heterocycles. The second-order valence-electron chi connectivity index (χ2n) is 3.00. The molecule has 4 nitrogen and oxygen atoms in total. The molecule has 0 aliphatic carbocycles. The molecule has 0 aromatic heterocycles. The van der Waals surface area contributed by atoms with E-state index in [9.17, 15) is 18.0 Å². The highest BCUT2D eigenvalue weighted by atomic mass is 19.4. The molecule has 7 heteroatoms. The van der Waals surface area contributed by atoms with Crippen molar-refractivity contribution in [1.82, 2.24) is 0 Å². The summed E-state index contributed by atoms with van der Waals surface area (Å²) >= 11 is 0. The lowest BCUT2D eigenvalue weighted by Crippen LogP contribution is -2.40. The smallest absolute Gasteiger partial charge is 0.391 e. The number of carboxylic acids is 1. The number of hydrogen-bond donors (Lipinski definition) is 2. The molecular formula is C7H11F3O4. The lowest BCUT2D eigenvalue weighted by Gasteiger charge is -2.17. The molecule has 1 atom stereocenters. The lowest BCUT2D eigenvalue weighted by molar-refractivity contribution is -0.167. The highest BCUT2D eigenvalue weighted by Gasteiger charge is 2.31. The molecule has 2 N–H and O–H groups in total. The number of carboxylic acid groups (broad SMARTS) is 1. The summed E-state index contributed by atoms with van der Waals surface area (Å²) in [6.45, 7) is -0.381. The van der Waals surface area contributed by atoms with Gasteiger partial charge in [0.05, 0.1) is 19.6 Å². The Morgan fingerprint density at radius 1 is 1.43 bits per heavy atom. The molecule has 0 radical (unpaired) electrons. The highest BCUT2D eigenvalue weighted by Crippen LogP contribution is 2.19. The van der Waals surface area contributed by atoms with Crippen molar-refractivity contribution in [3.05, 3.63) is 0 Å². The summed E-state index contributed by atoms with van der Waals surface area (Å²) in [7, 11) is 0. The number of ether oxygens (including phenoxy) is 1. The number of hydrogen-bond acceptors (Lipinski definition) is 3. The molecule has 0 bridgehead atoms. The minimum absolute atomic E-state index is 0.660. The normalized spacial score (nSPS) is 16.4. The van der Waals surface area contributed by atoms with Crippen molar-refractivity contribution in [3.63, 3.8) is 0 Å². The van der Waals surface area contributed by atoms with Crippen LogP contribution in [0.5, 0.6) is 0 Å². The van der Waals surface area contributed by atoms with Crippen LogP contribution in [0.15, 0.2) is 0 Å². The molecule has 84 valence electrons. The van der Waals surface area contributed by atoms with Gasteiger partial charge >= 0.3 is 12.1 Å². The molecule has 0 saturated carbocycles. The van der Waals surface area contributed by atoms with Crippen molar-refractivity contribution in [2.75, 3.05) is 13.2 Å².